The fourth-order valence-electron chi connectivity index (χ4n) is 4.88. The van der Waals surface area contributed by atoms with E-state index >= 15 is 0 Å². The van der Waals surface area contributed by atoms with Crippen LogP contribution in [0.4, 0.5) is 0 Å². The lowest BCUT2D eigenvalue weighted by Gasteiger charge is -2.36. The summed E-state index contributed by atoms with van der Waals surface area (Å²) in [5, 5.41) is 0.702. The molecule has 1 saturated carbocycles. The Kier molecular flexibility index (Phi) is 9.16. The first-order valence-corrected chi connectivity index (χ1v) is 14.5. The molecule has 0 unspecified atom stereocenters. The summed E-state index contributed by atoms with van der Waals surface area (Å²) in [4.78, 5) is 5.50. The maximum atomic E-state index is 13.5. The van der Waals surface area contributed by atoms with Crippen molar-refractivity contribution in [3.05, 3.63) is 107 Å². The summed E-state index contributed by atoms with van der Waals surface area (Å²) >= 11 is 6.29. The molecule has 0 heterocycles. The van der Waals surface area contributed by atoms with E-state index in [0.717, 1.165) is 35.2 Å². The molecule has 5 heteroatoms. The van der Waals surface area contributed by atoms with E-state index in [0.29, 0.717) is 10.9 Å². The van der Waals surface area contributed by atoms with E-state index in [1.54, 1.807) is 0 Å². The molecule has 3 aromatic rings. The maximum absolute atomic E-state index is 13.5. The molecule has 0 spiro atoms. The summed E-state index contributed by atoms with van der Waals surface area (Å²) in [5.74, 6) is 0.391. The molecule has 0 amide bonds. The Morgan fingerprint density at radius 2 is 1.39 bits per heavy atom. The molecule has 0 aliphatic heterocycles. The lowest BCUT2D eigenvalue weighted by atomic mass is 9.80. The van der Waals surface area contributed by atoms with Gasteiger partial charge in [0.25, 0.3) is 0 Å². The fourth-order valence-corrected chi connectivity index (χ4v) is 5.93. The summed E-state index contributed by atoms with van der Waals surface area (Å²) in [6, 6.07) is 28.4. The molecule has 0 bridgehead atoms. The van der Waals surface area contributed by atoms with Gasteiger partial charge >= 0.3 is 0 Å². The molecule has 4 rings (SSSR count). The quantitative estimate of drug-likeness (QED) is 0.301. The molecule has 1 fully saturated rings. The second-order valence-corrected chi connectivity index (χ2v) is 13.1. The first kappa shape index (κ1) is 26.8. The average Bonchev–Trinajstić information content (AvgIpc) is 2.90. The molecule has 190 valence electrons. The van der Waals surface area contributed by atoms with Crippen LogP contribution in [0.3, 0.4) is 0 Å². The van der Waals surface area contributed by atoms with Gasteiger partial charge in [0, 0.05) is 22.2 Å². The molecule has 0 radical (unpaired) electrons. The van der Waals surface area contributed by atoms with Gasteiger partial charge in [-0.15, -0.1) is 0 Å². The van der Waals surface area contributed by atoms with Crippen molar-refractivity contribution in [2.75, 3.05) is 0 Å². The van der Waals surface area contributed by atoms with Crippen molar-refractivity contribution in [2.45, 2.75) is 69.7 Å². The van der Waals surface area contributed by atoms with Crippen LogP contribution in [0, 0.1) is 5.92 Å². The van der Waals surface area contributed by atoms with Crippen molar-refractivity contribution >= 4 is 28.3 Å². The van der Waals surface area contributed by atoms with Gasteiger partial charge in [0.2, 0.25) is 0 Å². The van der Waals surface area contributed by atoms with Crippen molar-refractivity contribution < 1.29 is 4.21 Å². The molecular weight excluding hydrogens is 484 g/mol. The number of halogens is 1. The fraction of sp³-hybridized carbons (Fsp3) is 0.387. The SMILES string of the molecule is CC(C)(C)[S@@](=O)N[C@H](C1CCCCC1)[C@@H](N=C(c1ccccc1)c1ccccc1)c1ccc(Cl)cc1. The number of hydrogen-bond acceptors (Lipinski definition) is 2. The van der Waals surface area contributed by atoms with Gasteiger partial charge < -0.3 is 0 Å². The van der Waals surface area contributed by atoms with Gasteiger partial charge in [-0.25, -0.2) is 8.93 Å². The van der Waals surface area contributed by atoms with Crippen LogP contribution in [-0.2, 0) is 11.0 Å². The normalized spacial score (nSPS) is 17.2. The van der Waals surface area contributed by atoms with Gasteiger partial charge in [-0.2, -0.15) is 0 Å². The number of benzene rings is 3. The van der Waals surface area contributed by atoms with Crippen LogP contribution in [-0.4, -0.2) is 20.7 Å². The van der Waals surface area contributed by atoms with E-state index in [2.05, 4.69) is 65.4 Å². The third-order valence-corrected chi connectivity index (χ3v) is 8.72. The Morgan fingerprint density at radius 1 is 0.861 bits per heavy atom. The Hall–Kier alpha value is -2.27. The van der Waals surface area contributed by atoms with Gasteiger partial charge in [-0.05, 0) is 57.2 Å². The van der Waals surface area contributed by atoms with Crippen molar-refractivity contribution in [1.82, 2.24) is 4.72 Å². The number of nitrogens with one attached hydrogen (secondary N) is 1. The maximum Gasteiger partial charge on any atom is 0.0973 e. The smallest absolute Gasteiger partial charge is 0.0973 e. The van der Waals surface area contributed by atoms with Gasteiger partial charge in [0.05, 0.1) is 27.5 Å². The minimum atomic E-state index is -1.22. The highest BCUT2D eigenvalue weighted by Crippen LogP contribution is 2.36. The Balaban J connectivity index is 1.88. The summed E-state index contributed by atoms with van der Waals surface area (Å²) in [6.07, 6.45) is 5.90. The van der Waals surface area contributed by atoms with Crippen LogP contribution < -0.4 is 4.72 Å². The van der Waals surface area contributed by atoms with E-state index in [-0.39, 0.29) is 16.8 Å². The van der Waals surface area contributed by atoms with E-state index < -0.39 is 11.0 Å². The van der Waals surface area contributed by atoms with Crippen LogP contribution in [0.15, 0.2) is 89.9 Å². The molecule has 36 heavy (non-hydrogen) atoms. The number of rotatable bonds is 8. The van der Waals surface area contributed by atoms with Crippen molar-refractivity contribution in [1.29, 1.82) is 0 Å². The van der Waals surface area contributed by atoms with Gasteiger partial charge in [0.15, 0.2) is 0 Å². The minimum absolute atomic E-state index is 0.0611. The Bertz CT molecular complexity index is 1110. The molecule has 0 saturated heterocycles. The third kappa shape index (κ3) is 6.94. The van der Waals surface area contributed by atoms with Gasteiger partial charge in [-0.1, -0.05) is 104 Å². The number of hydrogen-bond donors (Lipinski definition) is 1. The van der Waals surface area contributed by atoms with Gasteiger partial charge in [-0.3, -0.25) is 4.99 Å². The summed E-state index contributed by atoms with van der Waals surface area (Å²) in [7, 11) is -1.22. The largest absolute Gasteiger partial charge is 0.274 e. The predicted molar refractivity (Wildman–Crippen MR) is 154 cm³/mol. The summed E-state index contributed by atoms with van der Waals surface area (Å²) in [6.45, 7) is 6.07. The van der Waals surface area contributed by atoms with E-state index in [4.69, 9.17) is 16.6 Å². The van der Waals surface area contributed by atoms with Crippen molar-refractivity contribution in [3.8, 4) is 0 Å². The van der Waals surface area contributed by atoms with Crippen molar-refractivity contribution in [3.63, 3.8) is 0 Å². The zero-order valence-electron chi connectivity index (χ0n) is 21.5. The zero-order valence-corrected chi connectivity index (χ0v) is 23.1. The second kappa shape index (κ2) is 12.3. The van der Waals surface area contributed by atoms with E-state index in [1.807, 2.05) is 45.0 Å². The molecular formula is C31H37ClN2OS. The van der Waals surface area contributed by atoms with Crippen LogP contribution in [0.25, 0.3) is 0 Å². The summed E-state index contributed by atoms with van der Waals surface area (Å²) in [5.41, 5.74) is 4.17. The van der Waals surface area contributed by atoms with E-state index in [1.165, 1.54) is 19.3 Å². The molecule has 3 atom stereocenters. The lowest BCUT2D eigenvalue weighted by molar-refractivity contribution is 0.266. The van der Waals surface area contributed by atoms with Gasteiger partial charge in [0.1, 0.15) is 0 Å². The van der Waals surface area contributed by atoms with Crippen LogP contribution in [0.1, 0.15) is 75.6 Å². The zero-order chi connectivity index (χ0) is 25.5. The first-order chi connectivity index (χ1) is 17.3. The van der Waals surface area contributed by atoms with Crippen LogP contribution in [0.2, 0.25) is 5.02 Å². The third-order valence-electron chi connectivity index (χ3n) is 6.87. The lowest BCUT2D eigenvalue weighted by Crippen LogP contribution is -2.47. The monoisotopic (exact) mass is 520 g/mol. The molecule has 1 aliphatic rings. The average molecular weight is 521 g/mol. The van der Waals surface area contributed by atoms with E-state index in [9.17, 15) is 4.21 Å². The number of aliphatic imine (C=N–C) groups is 1. The highest BCUT2D eigenvalue weighted by molar-refractivity contribution is 7.84. The minimum Gasteiger partial charge on any atom is -0.274 e. The molecule has 1 aliphatic carbocycles. The highest BCUT2D eigenvalue weighted by atomic mass is 35.5. The van der Waals surface area contributed by atoms with Crippen LogP contribution in [0.5, 0.6) is 0 Å². The Morgan fingerprint density at radius 3 is 1.89 bits per heavy atom. The molecule has 1 N–H and O–H groups in total. The molecule has 3 aromatic carbocycles. The Labute approximate surface area is 224 Å². The number of nitrogens with zero attached hydrogens (tertiary/aromatic N) is 1. The topological polar surface area (TPSA) is 41.5 Å². The van der Waals surface area contributed by atoms with Crippen molar-refractivity contribution in [2.24, 2.45) is 10.9 Å². The molecule has 0 aromatic heterocycles. The molecule has 3 nitrogen and oxygen atoms in total. The standard InChI is InChI=1S/C31H37ClN2OS/c1-31(2,3)36(35)34-30(25-17-11-6-12-18-25)29(26-19-21-27(32)22-20-26)33-28(23-13-7-4-8-14-23)24-15-9-5-10-16-24/h4-5,7-10,13-16,19-22,25,29-30,34H,6,11-12,17-18H2,1-3H3/t29-,30+,36+/m0/s1. The highest BCUT2D eigenvalue weighted by Gasteiger charge is 2.35. The van der Waals surface area contributed by atoms with Crippen LogP contribution >= 0.6 is 11.6 Å². The second-order valence-electron chi connectivity index (χ2n) is 10.6. The summed E-state index contributed by atoms with van der Waals surface area (Å²) < 4.78 is 16.7. The first-order valence-electron chi connectivity index (χ1n) is 12.9. The predicted octanol–water partition coefficient (Wildman–Crippen LogP) is 7.92.